The summed E-state index contributed by atoms with van der Waals surface area (Å²) in [5, 5.41) is 0. The van der Waals surface area contributed by atoms with Crippen molar-refractivity contribution in [1.29, 1.82) is 0 Å². The molecule has 0 unspecified atom stereocenters. The van der Waals surface area contributed by atoms with Gasteiger partial charge in [-0.1, -0.05) is 40.0 Å². The highest BCUT2D eigenvalue weighted by atomic mass is 16.1. The van der Waals surface area contributed by atoms with Crippen LogP contribution in [0.5, 0.6) is 0 Å². The van der Waals surface area contributed by atoms with Gasteiger partial charge in [-0.2, -0.15) is 0 Å². The van der Waals surface area contributed by atoms with Crippen molar-refractivity contribution in [3.8, 4) is 0 Å². The minimum atomic E-state index is -0.549. The molecule has 0 aliphatic carbocycles. The molecular weight excluding hydrogens is 174 g/mol. The van der Waals surface area contributed by atoms with Gasteiger partial charge in [0, 0.05) is 6.42 Å². The molecule has 0 saturated heterocycles. The first kappa shape index (κ1) is 13.6. The third kappa shape index (κ3) is 4.23. The van der Waals surface area contributed by atoms with E-state index >= 15 is 0 Å². The molecule has 0 spiro atoms. The Balaban J connectivity index is 3.82. The zero-order chi connectivity index (χ0) is 11.0. The van der Waals surface area contributed by atoms with E-state index in [1.165, 1.54) is 12.8 Å². The van der Waals surface area contributed by atoms with Crippen molar-refractivity contribution in [3.63, 3.8) is 0 Å². The van der Waals surface area contributed by atoms with E-state index in [0.717, 1.165) is 25.7 Å². The fourth-order valence-electron chi connectivity index (χ4n) is 1.61. The number of unbranched alkanes of at least 4 members (excludes halogenated alkanes) is 3. The van der Waals surface area contributed by atoms with Gasteiger partial charge in [0.2, 0.25) is 0 Å². The molecule has 2 N–H and O–H groups in total. The lowest BCUT2D eigenvalue weighted by atomic mass is 9.86. The molecule has 2 nitrogen and oxygen atoms in total. The largest absolute Gasteiger partial charge is 0.319 e. The van der Waals surface area contributed by atoms with Crippen LogP contribution in [0.3, 0.4) is 0 Å². The Labute approximate surface area is 88.3 Å². The van der Waals surface area contributed by atoms with E-state index in [4.69, 9.17) is 5.73 Å². The monoisotopic (exact) mass is 199 g/mol. The van der Waals surface area contributed by atoms with Gasteiger partial charge in [-0.3, -0.25) is 4.79 Å². The molecule has 0 rings (SSSR count). The molecule has 0 aromatic carbocycles. The molecule has 0 aliphatic rings. The van der Waals surface area contributed by atoms with Crippen molar-refractivity contribution < 1.29 is 4.79 Å². The van der Waals surface area contributed by atoms with E-state index in [2.05, 4.69) is 6.92 Å². The standard InChI is InChI=1S/C12H25NO/c1-4-7-8-9-10-11(14)12(13,5-2)6-3/h4-10,13H2,1-3H3. The normalized spacial score (nSPS) is 11.7. The second kappa shape index (κ2) is 6.99. The minimum absolute atomic E-state index is 0.249. The number of Topliss-reactive ketones (excluding diaryl/α,β-unsaturated/α-hetero) is 1. The molecule has 0 saturated carbocycles. The summed E-state index contributed by atoms with van der Waals surface area (Å²) in [5.41, 5.74) is 5.46. The Morgan fingerprint density at radius 2 is 1.64 bits per heavy atom. The Hall–Kier alpha value is -0.370. The van der Waals surface area contributed by atoms with E-state index in [9.17, 15) is 4.79 Å². The van der Waals surface area contributed by atoms with Crippen LogP contribution in [-0.4, -0.2) is 11.3 Å². The van der Waals surface area contributed by atoms with Crippen LogP contribution >= 0.6 is 0 Å². The van der Waals surface area contributed by atoms with Crippen molar-refractivity contribution in [1.82, 2.24) is 0 Å². The molecule has 84 valence electrons. The lowest BCUT2D eigenvalue weighted by Crippen LogP contribution is -2.46. The van der Waals surface area contributed by atoms with Crippen LogP contribution in [0.15, 0.2) is 0 Å². The molecule has 0 heterocycles. The van der Waals surface area contributed by atoms with Crippen LogP contribution in [0.4, 0.5) is 0 Å². The first-order valence-corrected chi connectivity index (χ1v) is 5.92. The molecule has 0 amide bonds. The summed E-state index contributed by atoms with van der Waals surface area (Å²) in [5.74, 6) is 0.249. The smallest absolute Gasteiger partial charge is 0.152 e. The summed E-state index contributed by atoms with van der Waals surface area (Å²) < 4.78 is 0. The van der Waals surface area contributed by atoms with Crippen molar-refractivity contribution in [2.45, 2.75) is 71.3 Å². The van der Waals surface area contributed by atoms with Crippen molar-refractivity contribution >= 4 is 5.78 Å². The summed E-state index contributed by atoms with van der Waals surface area (Å²) in [7, 11) is 0. The van der Waals surface area contributed by atoms with Gasteiger partial charge in [-0.25, -0.2) is 0 Å². The maximum atomic E-state index is 11.8. The second-order valence-corrected chi connectivity index (χ2v) is 4.10. The molecule has 0 aromatic rings. The van der Waals surface area contributed by atoms with E-state index in [1.54, 1.807) is 0 Å². The maximum Gasteiger partial charge on any atom is 0.152 e. The summed E-state index contributed by atoms with van der Waals surface area (Å²) in [6, 6.07) is 0. The van der Waals surface area contributed by atoms with Crippen LogP contribution in [0.1, 0.15) is 65.7 Å². The van der Waals surface area contributed by atoms with E-state index < -0.39 is 5.54 Å². The van der Waals surface area contributed by atoms with Crippen LogP contribution in [-0.2, 0) is 4.79 Å². The zero-order valence-corrected chi connectivity index (χ0v) is 9.94. The van der Waals surface area contributed by atoms with Crippen molar-refractivity contribution in [3.05, 3.63) is 0 Å². The van der Waals surface area contributed by atoms with Crippen molar-refractivity contribution in [2.24, 2.45) is 5.73 Å². The molecule has 0 radical (unpaired) electrons. The van der Waals surface area contributed by atoms with Crippen LogP contribution in [0.2, 0.25) is 0 Å². The lowest BCUT2D eigenvalue weighted by Gasteiger charge is -2.24. The first-order chi connectivity index (χ1) is 6.60. The Bertz CT molecular complexity index is 162. The average molecular weight is 199 g/mol. The molecule has 0 fully saturated rings. The lowest BCUT2D eigenvalue weighted by molar-refractivity contribution is -0.124. The fourth-order valence-corrected chi connectivity index (χ4v) is 1.61. The molecule has 0 bridgehead atoms. The third-order valence-corrected chi connectivity index (χ3v) is 3.07. The quantitative estimate of drug-likeness (QED) is 0.611. The molecule has 2 heteroatoms. The summed E-state index contributed by atoms with van der Waals surface area (Å²) in [6.07, 6.45) is 6.79. The van der Waals surface area contributed by atoms with Crippen LogP contribution in [0.25, 0.3) is 0 Å². The van der Waals surface area contributed by atoms with Gasteiger partial charge in [0.1, 0.15) is 0 Å². The van der Waals surface area contributed by atoms with Crippen LogP contribution in [0, 0.1) is 0 Å². The molecule has 0 aliphatic heterocycles. The van der Waals surface area contributed by atoms with Crippen molar-refractivity contribution in [2.75, 3.05) is 0 Å². The summed E-state index contributed by atoms with van der Waals surface area (Å²) in [4.78, 5) is 11.8. The Morgan fingerprint density at radius 3 is 2.07 bits per heavy atom. The molecular formula is C12H25NO. The van der Waals surface area contributed by atoms with Gasteiger partial charge in [0.25, 0.3) is 0 Å². The Kier molecular flexibility index (Phi) is 6.81. The number of carbonyl (C=O) groups is 1. The number of hydrogen-bond donors (Lipinski definition) is 1. The fraction of sp³-hybridized carbons (Fsp3) is 0.917. The highest BCUT2D eigenvalue weighted by molar-refractivity contribution is 5.87. The summed E-state index contributed by atoms with van der Waals surface area (Å²) >= 11 is 0. The van der Waals surface area contributed by atoms with Gasteiger partial charge in [0.15, 0.2) is 5.78 Å². The zero-order valence-electron chi connectivity index (χ0n) is 9.94. The van der Waals surface area contributed by atoms with Gasteiger partial charge in [0.05, 0.1) is 5.54 Å². The van der Waals surface area contributed by atoms with Gasteiger partial charge in [-0.15, -0.1) is 0 Å². The highest BCUT2D eigenvalue weighted by Crippen LogP contribution is 2.16. The average Bonchev–Trinajstić information content (AvgIpc) is 2.22. The number of nitrogens with two attached hydrogens (primary N) is 1. The predicted octanol–water partition coefficient (Wildman–Crippen LogP) is 3.04. The SMILES string of the molecule is CCCCCCC(=O)C(N)(CC)CC. The van der Waals surface area contributed by atoms with E-state index in [0.29, 0.717) is 6.42 Å². The molecule has 0 atom stereocenters. The van der Waals surface area contributed by atoms with Gasteiger partial charge >= 0.3 is 0 Å². The van der Waals surface area contributed by atoms with Gasteiger partial charge in [-0.05, 0) is 19.3 Å². The first-order valence-electron chi connectivity index (χ1n) is 5.92. The number of ketones is 1. The van der Waals surface area contributed by atoms with Gasteiger partial charge < -0.3 is 5.73 Å². The topological polar surface area (TPSA) is 43.1 Å². The molecule has 0 aromatic heterocycles. The summed E-state index contributed by atoms with van der Waals surface area (Å²) in [6.45, 7) is 6.16. The Morgan fingerprint density at radius 1 is 1.07 bits per heavy atom. The maximum absolute atomic E-state index is 11.8. The second-order valence-electron chi connectivity index (χ2n) is 4.10. The third-order valence-electron chi connectivity index (χ3n) is 3.07. The molecule has 14 heavy (non-hydrogen) atoms. The number of hydrogen-bond acceptors (Lipinski definition) is 2. The van der Waals surface area contributed by atoms with E-state index in [-0.39, 0.29) is 5.78 Å². The van der Waals surface area contributed by atoms with E-state index in [1.807, 2.05) is 13.8 Å². The minimum Gasteiger partial charge on any atom is -0.319 e. The predicted molar refractivity (Wildman–Crippen MR) is 61.3 cm³/mol. The van der Waals surface area contributed by atoms with Crippen LogP contribution < -0.4 is 5.73 Å². The number of rotatable bonds is 8. The number of carbonyl (C=O) groups excluding carboxylic acids is 1. The highest BCUT2D eigenvalue weighted by Gasteiger charge is 2.28.